The van der Waals surface area contributed by atoms with Crippen molar-refractivity contribution in [3.8, 4) is 22.6 Å². The third-order valence-electron chi connectivity index (χ3n) is 6.81. The van der Waals surface area contributed by atoms with Crippen molar-refractivity contribution in [1.29, 1.82) is 0 Å². The van der Waals surface area contributed by atoms with E-state index in [0.29, 0.717) is 43.2 Å². The molecule has 1 aliphatic heterocycles. The quantitative estimate of drug-likeness (QED) is 0.288. The molecule has 0 saturated carbocycles. The van der Waals surface area contributed by atoms with Gasteiger partial charge in [-0.05, 0) is 53.1 Å². The lowest BCUT2D eigenvalue weighted by Gasteiger charge is -2.24. The maximum atomic E-state index is 14.0. The Balaban J connectivity index is 1.34. The molecule has 5 aromatic rings. The van der Waals surface area contributed by atoms with Crippen molar-refractivity contribution in [1.82, 2.24) is 14.9 Å². The monoisotopic (exact) mass is 500 g/mol. The Kier molecular flexibility index (Phi) is 6.60. The molecule has 1 N–H and O–H groups in total. The van der Waals surface area contributed by atoms with Crippen LogP contribution in [0.3, 0.4) is 0 Å². The molecule has 1 amide bonds. The largest absolute Gasteiger partial charge is 0.457 e. The van der Waals surface area contributed by atoms with E-state index in [1.165, 1.54) is 0 Å². The van der Waals surface area contributed by atoms with Gasteiger partial charge in [-0.3, -0.25) is 4.79 Å². The normalized spacial score (nSPS) is 13.1. The van der Waals surface area contributed by atoms with E-state index in [0.717, 1.165) is 28.1 Å². The van der Waals surface area contributed by atoms with Crippen molar-refractivity contribution in [3.05, 3.63) is 132 Å². The summed E-state index contributed by atoms with van der Waals surface area (Å²) in [4.78, 5) is 25.7. The fraction of sp³-hybridized carbons (Fsp3) is 0.125. The molecule has 6 heteroatoms. The van der Waals surface area contributed by atoms with E-state index in [2.05, 4.69) is 45.2 Å². The highest BCUT2D eigenvalue weighted by molar-refractivity contribution is 5.97. The Morgan fingerprint density at radius 3 is 2.39 bits per heavy atom. The van der Waals surface area contributed by atoms with Gasteiger partial charge in [0.2, 0.25) is 0 Å². The SMILES string of the molecule is O=C(c1ccccc1Oc1ccccc1)N1CCN(Cc2c[nH]cn2)c2ccc(-c3ccccc3)cc2C1. The number of hydrogen-bond acceptors (Lipinski definition) is 4. The number of imidazole rings is 1. The van der Waals surface area contributed by atoms with Gasteiger partial charge in [0.05, 0.1) is 24.1 Å². The molecule has 0 aliphatic carbocycles. The minimum atomic E-state index is -0.0470. The zero-order valence-corrected chi connectivity index (χ0v) is 21.0. The van der Waals surface area contributed by atoms with E-state index in [1.54, 1.807) is 6.33 Å². The lowest BCUT2D eigenvalue weighted by atomic mass is 10.0. The summed E-state index contributed by atoms with van der Waals surface area (Å²) in [6, 6.07) is 33.9. The number of carbonyl (C=O) groups excluding carboxylic acids is 1. The molecule has 0 atom stereocenters. The van der Waals surface area contributed by atoms with Crippen molar-refractivity contribution < 1.29 is 9.53 Å². The first-order valence-corrected chi connectivity index (χ1v) is 12.8. The van der Waals surface area contributed by atoms with Crippen LogP contribution >= 0.6 is 0 Å². The van der Waals surface area contributed by atoms with Gasteiger partial charge in [-0.15, -0.1) is 0 Å². The van der Waals surface area contributed by atoms with Gasteiger partial charge in [-0.2, -0.15) is 0 Å². The molecule has 4 aromatic carbocycles. The average Bonchev–Trinajstić information content (AvgIpc) is 3.42. The third-order valence-corrected chi connectivity index (χ3v) is 6.81. The molecule has 0 spiro atoms. The minimum Gasteiger partial charge on any atom is -0.457 e. The van der Waals surface area contributed by atoms with Gasteiger partial charge in [-0.1, -0.05) is 66.7 Å². The molecule has 0 unspecified atom stereocenters. The van der Waals surface area contributed by atoms with Gasteiger partial charge < -0.3 is 19.5 Å². The first kappa shape index (κ1) is 23.6. The number of aromatic nitrogens is 2. The summed E-state index contributed by atoms with van der Waals surface area (Å²) in [5, 5.41) is 0. The van der Waals surface area contributed by atoms with Crippen molar-refractivity contribution in [2.24, 2.45) is 0 Å². The first-order valence-electron chi connectivity index (χ1n) is 12.8. The molecule has 2 heterocycles. The predicted octanol–water partition coefficient (Wildman–Crippen LogP) is 6.53. The van der Waals surface area contributed by atoms with Crippen LogP contribution in [-0.2, 0) is 13.1 Å². The molecule has 6 rings (SSSR count). The lowest BCUT2D eigenvalue weighted by molar-refractivity contribution is 0.0749. The second-order valence-corrected chi connectivity index (χ2v) is 9.33. The van der Waals surface area contributed by atoms with Crippen LogP contribution in [0.4, 0.5) is 5.69 Å². The van der Waals surface area contributed by atoms with E-state index >= 15 is 0 Å². The summed E-state index contributed by atoms with van der Waals surface area (Å²) in [6.07, 6.45) is 3.62. The highest BCUT2D eigenvalue weighted by atomic mass is 16.5. The second kappa shape index (κ2) is 10.6. The van der Waals surface area contributed by atoms with Gasteiger partial charge in [0.1, 0.15) is 11.5 Å². The van der Waals surface area contributed by atoms with Crippen LogP contribution in [0.1, 0.15) is 21.6 Å². The summed E-state index contributed by atoms with van der Waals surface area (Å²) >= 11 is 0. The van der Waals surface area contributed by atoms with Crippen LogP contribution in [0, 0.1) is 0 Å². The van der Waals surface area contributed by atoms with Crippen molar-refractivity contribution in [3.63, 3.8) is 0 Å². The zero-order chi connectivity index (χ0) is 25.7. The number of ether oxygens (including phenoxy) is 1. The van der Waals surface area contributed by atoms with Crippen LogP contribution in [-0.4, -0.2) is 33.9 Å². The van der Waals surface area contributed by atoms with Gasteiger partial charge in [0.25, 0.3) is 5.91 Å². The average molecular weight is 501 g/mol. The molecule has 1 aliphatic rings. The molecule has 38 heavy (non-hydrogen) atoms. The number of amides is 1. The number of fused-ring (bicyclic) bond motifs is 1. The summed E-state index contributed by atoms with van der Waals surface area (Å²) < 4.78 is 6.12. The number of nitrogens with one attached hydrogen (secondary N) is 1. The summed E-state index contributed by atoms with van der Waals surface area (Å²) in [5.41, 5.74) is 6.03. The van der Waals surface area contributed by atoms with E-state index in [4.69, 9.17) is 4.74 Å². The minimum absolute atomic E-state index is 0.0470. The van der Waals surface area contributed by atoms with Gasteiger partial charge in [0.15, 0.2) is 0 Å². The van der Waals surface area contributed by atoms with Crippen LogP contribution in [0.15, 0.2) is 116 Å². The standard InChI is InChI=1S/C32H28N4O2/c37-32(29-13-7-8-14-31(29)38-28-11-5-2-6-12-28)36-18-17-35(22-27-20-33-23-34-27)30-16-15-25(19-26(30)21-36)24-9-3-1-4-10-24/h1-16,19-20,23H,17-18,21-22H2,(H,33,34). The van der Waals surface area contributed by atoms with Crippen LogP contribution < -0.4 is 9.64 Å². The van der Waals surface area contributed by atoms with Crippen molar-refractivity contribution in [2.75, 3.05) is 18.0 Å². The Hall–Kier alpha value is -4.84. The topological polar surface area (TPSA) is 61.5 Å². The number of benzene rings is 4. The fourth-order valence-electron chi connectivity index (χ4n) is 4.91. The van der Waals surface area contributed by atoms with Crippen molar-refractivity contribution in [2.45, 2.75) is 13.1 Å². The highest BCUT2D eigenvalue weighted by Crippen LogP contribution is 2.33. The summed E-state index contributed by atoms with van der Waals surface area (Å²) in [5.74, 6) is 1.21. The third kappa shape index (κ3) is 5.02. The smallest absolute Gasteiger partial charge is 0.258 e. The molecule has 6 nitrogen and oxygen atoms in total. The maximum Gasteiger partial charge on any atom is 0.258 e. The molecule has 188 valence electrons. The molecule has 0 fully saturated rings. The zero-order valence-electron chi connectivity index (χ0n) is 21.0. The van der Waals surface area contributed by atoms with E-state index < -0.39 is 0 Å². The second-order valence-electron chi connectivity index (χ2n) is 9.33. The van der Waals surface area contributed by atoms with Gasteiger partial charge in [-0.25, -0.2) is 4.98 Å². The number of anilines is 1. The first-order chi connectivity index (χ1) is 18.7. The molecule has 1 aromatic heterocycles. The van der Waals surface area contributed by atoms with E-state index in [-0.39, 0.29) is 5.91 Å². The molecule has 0 bridgehead atoms. The Bertz CT molecular complexity index is 1520. The predicted molar refractivity (Wildman–Crippen MR) is 149 cm³/mol. The number of nitrogens with zero attached hydrogens (tertiary/aromatic N) is 3. The highest BCUT2D eigenvalue weighted by Gasteiger charge is 2.26. The Labute approximate surface area is 222 Å². The van der Waals surface area contributed by atoms with E-state index in [1.807, 2.05) is 83.9 Å². The lowest BCUT2D eigenvalue weighted by Crippen LogP contribution is -2.35. The molecular weight excluding hydrogens is 472 g/mol. The Morgan fingerprint density at radius 2 is 1.61 bits per heavy atom. The fourth-order valence-corrected chi connectivity index (χ4v) is 4.91. The maximum absolute atomic E-state index is 14.0. The van der Waals surface area contributed by atoms with Gasteiger partial charge in [0, 0.05) is 31.5 Å². The Morgan fingerprint density at radius 1 is 0.842 bits per heavy atom. The van der Waals surface area contributed by atoms with Crippen LogP contribution in [0.25, 0.3) is 11.1 Å². The molecular formula is C32H28N4O2. The molecule has 0 radical (unpaired) electrons. The number of rotatable bonds is 6. The van der Waals surface area contributed by atoms with Crippen molar-refractivity contribution >= 4 is 11.6 Å². The van der Waals surface area contributed by atoms with Crippen LogP contribution in [0.5, 0.6) is 11.5 Å². The summed E-state index contributed by atoms with van der Waals surface area (Å²) in [7, 11) is 0. The van der Waals surface area contributed by atoms with Crippen LogP contribution in [0.2, 0.25) is 0 Å². The van der Waals surface area contributed by atoms with Gasteiger partial charge >= 0.3 is 0 Å². The molecule has 0 saturated heterocycles. The number of para-hydroxylation sites is 2. The number of carbonyl (C=O) groups is 1. The summed E-state index contributed by atoms with van der Waals surface area (Å²) in [6.45, 7) is 2.44. The number of hydrogen-bond donors (Lipinski definition) is 1. The van der Waals surface area contributed by atoms with E-state index in [9.17, 15) is 4.79 Å². The number of H-pyrrole nitrogens is 1. The number of aromatic amines is 1.